The fourth-order valence-corrected chi connectivity index (χ4v) is 4.80. The van der Waals surface area contributed by atoms with Crippen LogP contribution < -0.4 is 3.71 Å². The monoisotopic (exact) mass is 263 g/mol. The molecule has 0 aromatic heterocycles. The van der Waals surface area contributed by atoms with Gasteiger partial charge in [0.2, 0.25) is 0 Å². The van der Waals surface area contributed by atoms with Crippen LogP contribution in [0.15, 0.2) is 30.3 Å². The van der Waals surface area contributed by atoms with Crippen molar-refractivity contribution >= 4 is 25.7 Å². The molecular weight excluding hydrogens is 254 g/mol. The molecule has 1 aliphatic heterocycles. The summed E-state index contributed by atoms with van der Waals surface area (Å²) in [5.41, 5.74) is 0.103. The number of hydrogen-bond donors (Lipinski definition) is 0. The summed E-state index contributed by atoms with van der Waals surface area (Å²) in [7, 11) is -7.92. The van der Waals surface area contributed by atoms with Crippen molar-refractivity contribution in [2.75, 3.05) is 15.6 Å². The second kappa shape index (κ2) is 3.72. The highest BCUT2D eigenvalue weighted by atomic mass is 32.3. The summed E-state index contributed by atoms with van der Waals surface area (Å²) >= 11 is 0. The molecule has 0 radical (unpaired) electrons. The van der Waals surface area contributed by atoms with Crippen LogP contribution in [0.25, 0.3) is 0 Å². The van der Waals surface area contributed by atoms with Crippen LogP contribution in [0.4, 0.5) is 5.69 Å². The van der Waals surface area contributed by atoms with Crippen molar-refractivity contribution < 1.29 is 21.6 Å². The molecule has 0 N–H and O–H groups in total. The summed E-state index contributed by atoms with van der Waals surface area (Å²) in [5.74, 6) is -1.25. The van der Waals surface area contributed by atoms with E-state index >= 15 is 0 Å². The van der Waals surface area contributed by atoms with Gasteiger partial charge in [-0.2, -0.15) is 3.71 Å². The first-order valence-corrected chi connectivity index (χ1v) is 7.54. The number of para-hydroxylation sites is 1. The van der Waals surface area contributed by atoms with Gasteiger partial charge in [0.1, 0.15) is 0 Å². The normalized spacial score (nSPS) is 22.9. The maximum atomic E-state index is 11.6. The van der Waals surface area contributed by atoms with Crippen molar-refractivity contribution in [1.82, 2.24) is 0 Å². The Hall–Kier alpha value is -1.12. The summed E-state index contributed by atoms with van der Waals surface area (Å²) in [6.45, 7) is 0. The highest BCUT2D eigenvalue weighted by Gasteiger charge is 2.38. The molecule has 0 spiro atoms. The van der Waals surface area contributed by atoms with Gasteiger partial charge < -0.3 is 4.74 Å². The molecule has 8 heteroatoms. The minimum atomic E-state index is -3.96. The molecule has 0 amide bonds. The molecule has 0 aliphatic carbocycles. The van der Waals surface area contributed by atoms with Gasteiger partial charge in [-0.1, -0.05) is 18.2 Å². The van der Waals surface area contributed by atoms with Gasteiger partial charge in [0.25, 0.3) is 20.0 Å². The summed E-state index contributed by atoms with van der Waals surface area (Å²) in [4.78, 5) is 0. The van der Waals surface area contributed by atoms with Gasteiger partial charge in [0.15, 0.2) is 11.9 Å². The molecule has 1 saturated heterocycles. The molecule has 6 nitrogen and oxygen atoms in total. The van der Waals surface area contributed by atoms with Crippen molar-refractivity contribution in [1.29, 1.82) is 0 Å². The summed E-state index contributed by atoms with van der Waals surface area (Å²) in [5, 5.41) is 0. The largest absolute Gasteiger partial charge is 0.346 e. The zero-order chi connectivity index (χ0) is 11.8. The summed E-state index contributed by atoms with van der Waals surface area (Å²) < 4.78 is 51.4. The molecular formula is C8H9NO5S2. The van der Waals surface area contributed by atoms with Crippen molar-refractivity contribution in [2.24, 2.45) is 0 Å². The fourth-order valence-electron chi connectivity index (χ4n) is 1.38. The van der Waals surface area contributed by atoms with Crippen molar-refractivity contribution in [3.8, 4) is 0 Å². The van der Waals surface area contributed by atoms with Crippen LogP contribution in [-0.2, 0) is 24.8 Å². The Morgan fingerprint density at radius 1 is 0.938 bits per heavy atom. The molecule has 1 aromatic rings. The van der Waals surface area contributed by atoms with E-state index in [1.807, 2.05) is 0 Å². The number of hydrogen-bond acceptors (Lipinski definition) is 5. The van der Waals surface area contributed by atoms with Gasteiger partial charge in [0, 0.05) is 0 Å². The molecule has 1 fully saturated rings. The van der Waals surface area contributed by atoms with Crippen LogP contribution in [0, 0.1) is 0 Å². The van der Waals surface area contributed by atoms with Crippen LogP contribution >= 0.6 is 0 Å². The average Bonchev–Trinajstić information content (AvgIpc) is 2.16. The lowest BCUT2D eigenvalue weighted by atomic mass is 10.3. The molecule has 0 atom stereocenters. The zero-order valence-electron chi connectivity index (χ0n) is 8.11. The molecule has 1 heterocycles. The second-order valence-electron chi connectivity index (χ2n) is 3.20. The molecule has 1 aliphatic rings. The third-order valence-corrected chi connectivity index (χ3v) is 5.66. The Morgan fingerprint density at radius 2 is 1.44 bits per heavy atom. The smallest absolute Gasteiger partial charge is 0.272 e. The molecule has 2 rings (SSSR count). The molecule has 88 valence electrons. The number of benzene rings is 1. The second-order valence-corrected chi connectivity index (χ2v) is 6.96. The van der Waals surface area contributed by atoms with Gasteiger partial charge >= 0.3 is 0 Å². The van der Waals surface area contributed by atoms with Crippen LogP contribution in [0.3, 0.4) is 0 Å². The standard InChI is InChI=1S/C8H9NO5S2/c10-15(11)6-14-7-16(12,13)9(15)8-4-2-1-3-5-8/h1-5H,6-7H2. The first-order chi connectivity index (χ1) is 7.43. The van der Waals surface area contributed by atoms with Crippen LogP contribution in [0.1, 0.15) is 0 Å². The number of rotatable bonds is 1. The van der Waals surface area contributed by atoms with E-state index < -0.39 is 31.9 Å². The Labute approximate surface area is 93.6 Å². The highest BCUT2D eigenvalue weighted by Crippen LogP contribution is 2.25. The van der Waals surface area contributed by atoms with Gasteiger partial charge in [0.05, 0.1) is 5.69 Å². The van der Waals surface area contributed by atoms with E-state index in [2.05, 4.69) is 4.74 Å². The van der Waals surface area contributed by atoms with Crippen molar-refractivity contribution in [3.05, 3.63) is 30.3 Å². The van der Waals surface area contributed by atoms with E-state index in [0.29, 0.717) is 3.71 Å². The van der Waals surface area contributed by atoms with E-state index in [9.17, 15) is 16.8 Å². The van der Waals surface area contributed by atoms with E-state index in [-0.39, 0.29) is 5.69 Å². The third kappa shape index (κ3) is 1.91. The van der Waals surface area contributed by atoms with Gasteiger partial charge in [-0.15, -0.1) is 0 Å². The van der Waals surface area contributed by atoms with Crippen molar-refractivity contribution in [2.45, 2.75) is 0 Å². The fraction of sp³-hybridized carbons (Fsp3) is 0.250. The zero-order valence-corrected chi connectivity index (χ0v) is 9.74. The lowest BCUT2D eigenvalue weighted by Crippen LogP contribution is -2.45. The number of sulfonamides is 2. The topological polar surface area (TPSA) is 80.8 Å². The highest BCUT2D eigenvalue weighted by molar-refractivity contribution is 8.10. The average molecular weight is 263 g/mol. The van der Waals surface area contributed by atoms with E-state index in [4.69, 9.17) is 0 Å². The summed E-state index contributed by atoms with van der Waals surface area (Å²) in [6, 6.07) is 7.63. The number of nitrogens with zero attached hydrogens (tertiary/aromatic N) is 1. The molecule has 0 bridgehead atoms. The first-order valence-electron chi connectivity index (χ1n) is 4.32. The minimum absolute atomic E-state index is 0.103. The lowest BCUT2D eigenvalue weighted by molar-refractivity contribution is 0.220. The summed E-state index contributed by atoms with van der Waals surface area (Å²) in [6.07, 6.45) is 0. The Balaban J connectivity index is 2.59. The SMILES string of the molecule is O=S1(=O)COCS(=O)(=O)N1c1ccccc1. The minimum Gasteiger partial charge on any atom is -0.346 e. The molecule has 0 unspecified atom stereocenters. The molecule has 16 heavy (non-hydrogen) atoms. The van der Waals surface area contributed by atoms with Gasteiger partial charge in [-0.25, -0.2) is 16.8 Å². The van der Waals surface area contributed by atoms with Crippen molar-refractivity contribution in [3.63, 3.8) is 0 Å². The maximum absolute atomic E-state index is 11.6. The predicted molar refractivity (Wildman–Crippen MR) is 57.6 cm³/mol. The maximum Gasteiger partial charge on any atom is 0.272 e. The number of ether oxygens (including phenoxy) is 1. The van der Waals surface area contributed by atoms with Crippen LogP contribution in [-0.4, -0.2) is 28.7 Å². The Morgan fingerprint density at radius 3 is 1.94 bits per heavy atom. The van der Waals surface area contributed by atoms with E-state index in [0.717, 1.165) is 0 Å². The van der Waals surface area contributed by atoms with Gasteiger partial charge in [-0.05, 0) is 12.1 Å². The van der Waals surface area contributed by atoms with Crippen LogP contribution in [0.2, 0.25) is 0 Å². The molecule has 1 aromatic carbocycles. The predicted octanol–water partition coefficient (Wildman–Crippen LogP) is 0.0978. The third-order valence-electron chi connectivity index (χ3n) is 1.94. The quantitative estimate of drug-likeness (QED) is 0.717. The van der Waals surface area contributed by atoms with Gasteiger partial charge in [-0.3, -0.25) is 0 Å². The lowest BCUT2D eigenvalue weighted by Gasteiger charge is -2.27. The Bertz CT molecular complexity index is 544. The number of anilines is 1. The first kappa shape index (κ1) is 11.4. The van der Waals surface area contributed by atoms with E-state index in [1.165, 1.54) is 12.1 Å². The van der Waals surface area contributed by atoms with E-state index in [1.54, 1.807) is 18.2 Å². The Kier molecular flexibility index (Phi) is 2.64. The molecule has 0 saturated carbocycles. The van der Waals surface area contributed by atoms with Crippen LogP contribution in [0.5, 0.6) is 0 Å².